The maximum atomic E-state index is 11.1. The Morgan fingerprint density at radius 3 is 2.40 bits per heavy atom. The lowest BCUT2D eigenvalue weighted by Gasteiger charge is -2.05. The van der Waals surface area contributed by atoms with Gasteiger partial charge in [0.15, 0.2) is 0 Å². The van der Waals surface area contributed by atoms with Gasteiger partial charge < -0.3 is 20.1 Å². The molecule has 0 spiro atoms. The van der Waals surface area contributed by atoms with Crippen molar-refractivity contribution in [1.82, 2.24) is 10.6 Å². The summed E-state index contributed by atoms with van der Waals surface area (Å²) in [5.74, 6) is 0.0113. The van der Waals surface area contributed by atoms with Crippen LogP contribution in [0.25, 0.3) is 0 Å². The number of hydrogen-bond acceptors (Lipinski definition) is 4. The van der Waals surface area contributed by atoms with E-state index in [2.05, 4.69) is 10.6 Å². The van der Waals surface area contributed by atoms with Crippen LogP contribution in [0.3, 0.4) is 0 Å². The average Bonchev–Trinajstić information content (AvgIpc) is 2.19. The van der Waals surface area contributed by atoms with E-state index in [9.17, 15) is 4.79 Å². The van der Waals surface area contributed by atoms with Crippen molar-refractivity contribution in [2.45, 2.75) is 6.42 Å². The van der Waals surface area contributed by atoms with E-state index in [4.69, 9.17) is 9.47 Å². The van der Waals surface area contributed by atoms with E-state index in [0.29, 0.717) is 32.8 Å². The van der Waals surface area contributed by atoms with E-state index >= 15 is 0 Å². The third-order valence-corrected chi connectivity index (χ3v) is 1.62. The normalized spacial score (nSPS) is 9.47. The van der Waals surface area contributed by atoms with Gasteiger partial charge in [0.05, 0.1) is 13.2 Å². The van der Waals surface area contributed by atoms with Crippen LogP contribution in [0.5, 0.6) is 0 Å². The Bertz CT molecular complexity index is 133. The number of methoxy groups -OCH3 is 2. The Morgan fingerprint density at radius 1 is 1.13 bits per heavy atom. The number of rotatable bonds is 9. The lowest BCUT2D eigenvalue weighted by Crippen LogP contribution is -2.35. The summed E-state index contributed by atoms with van der Waals surface area (Å²) in [5, 5.41) is 5.73. The number of hydrogen-bond donors (Lipinski definition) is 2. The van der Waals surface area contributed by atoms with Gasteiger partial charge in [-0.3, -0.25) is 4.79 Å². The van der Waals surface area contributed by atoms with Crippen molar-refractivity contribution in [3.05, 3.63) is 0 Å². The van der Waals surface area contributed by atoms with Gasteiger partial charge in [0.25, 0.3) is 0 Å². The molecule has 0 aromatic carbocycles. The average molecular weight is 241 g/mol. The summed E-state index contributed by atoms with van der Waals surface area (Å²) in [7, 11) is 3.28. The molecule has 0 aromatic rings. The molecule has 0 atom stereocenters. The molecule has 15 heavy (non-hydrogen) atoms. The van der Waals surface area contributed by atoms with Gasteiger partial charge in [-0.25, -0.2) is 0 Å². The Morgan fingerprint density at radius 2 is 1.80 bits per heavy atom. The molecule has 0 radical (unpaired) electrons. The molecule has 0 heterocycles. The fourth-order valence-electron chi connectivity index (χ4n) is 0.883. The van der Waals surface area contributed by atoms with Gasteiger partial charge in [0, 0.05) is 33.9 Å². The highest BCUT2D eigenvalue weighted by Gasteiger charge is 1.98. The molecule has 6 heteroatoms. The van der Waals surface area contributed by atoms with Crippen molar-refractivity contribution < 1.29 is 14.3 Å². The van der Waals surface area contributed by atoms with Crippen LogP contribution in [0.1, 0.15) is 6.42 Å². The van der Waals surface area contributed by atoms with Crippen molar-refractivity contribution in [1.29, 1.82) is 0 Å². The third kappa shape index (κ3) is 13.6. The minimum atomic E-state index is 0. The van der Waals surface area contributed by atoms with Gasteiger partial charge in [-0.1, -0.05) is 0 Å². The fraction of sp³-hybridized carbons (Fsp3) is 0.889. The van der Waals surface area contributed by atoms with Crippen LogP contribution in [0.2, 0.25) is 0 Å². The molecular weight excluding hydrogens is 220 g/mol. The summed E-state index contributed by atoms with van der Waals surface area (Å²) in [4.78, 5) is 11.1. The SMILES string of the molecule is COCCCNC(=O)CNCCOC.Cl. The first kappa shape index (κ1) is 17.0. The van der Waals surface area contributed by atoms with E-state index in [1.54, 1.807) is 14.2 Å². The van der Waals surface area contributed by atoms with Crippen LogP contribution in [-0.2, 0) is 14.3 Å². The molecular formula is C9H21ClN2O3. The zero-order chi connectivity index (χ0) is 10.6. The number of carbonyl (C=O) groups is 1. The molecule has 0 rings (SSSR count). The first-order chi connectivity index (χ1) is 6.81. The number of nitrogens with one attached hydrogen (secondary N) is 2. The molecule has 0 saturated heterocycles. The van der Waals surface area contributed by atoms with Gasteiger partial charge in [-0.05, 0) is 6.42 Å². The van der Waals surface area contributed by atoms with Crippen molar-refractivity contribution >= 4 is 18.3 Å². The molecule has 1 amide bonds. The minimum Gasteiger partial charge on any atom is -0.385 e. The van der Waals surface area contributed by atoms with E-state index in [-0.39, 0.29) is 18.3 Å². The molecule has 0 unspecified atom stereocenters. The zero-order valence-electron chi connectivity index (χ0n) is 9.38. The lowest BCUT2D eigenvalue weighted by atomic mass is 10.4. The van der Waals surface area contributed by atoms with Crippen LogP contribution in [0.4, 0.5) is 0 Å². The Hall–Kier alpha value is -0.360. The predicted molar refractivity (Wildman–Crippen MR) is 61.5 cm³/mol. The maximum absolute atomic E-state index is 11.1. The fourth-order valence-corrected chi connectivity index (χ4v) is 0.883. The van der Waals surface area contributed by atoms with Crippen LogP contribution in [0.15, 0.2) is 0 Å². The molecule has 0 fully saturated rings. The lowest BCUT2D eigenvalue weighted by molar-refractivity contribution is -0.120. The molecule has 92 valence electrons. The Balaban J connectivity index is 0. The van der Waals surface area contributed by atoms with Gasteiger partial charge in [0.1, 0.15) is 0 Å². The van der Waals surface area contributed by atoms with Crippen LogP contribution < -0.4 is 10.6 Å². The Labute approximate surface area is 97.3 Å². The summed E-state index contributed by atoms with van der Waals surface area (Å²) in [6, 6.07) is 0. The zero-order valence-corrected chi connectivity index (χ0v) is 10.2. The monoisotopic (exact) mass is 240 g/mol. The van der Waals surface area contributed by atoms with Gasteiger partial charge in [-0.15, -0.1) is 12.4 Å². The summed E-state index contributed by atoms with van der Waals surface area (Å²) in [5.41, 5.74) is 0. The van der Waals surface area contributed by atoms with E-state index in [0.717, 1.165) is 6.42 Å². The second-order valence-corrected chi connectivity index (χ2v) is 2.87. The second-order valence-electron chi connectivity index (χ2n) is 2.87. The number of amides is 1. The number of halogens is 1. The van der Waals surface area contributed by atoms with Crippen LogP contribution >= 0.6 is 12.4 Å². The highest BCUT2D eigenvalue weighted by molar-refractivity contribution is 5.85. The molecule has 2 N–H and O–H groups in total. The van der Waals surface area contributed by atoms with Crippen molar-refractivity contribution in [3.8, 4) is 0 Å². The van der Waals surface area contributed by atoms with Crippen LogP contribution in [0, 0.1) is 0 Å². The number of carbonyl (C=O) groups excluding carboxylic acids is 1. The summed E-state index contributed by atoms with van der Waals surface area (Å²) in [6.07, 6.45) is 0.848. The molecule has 5 nitrogen and oxygen atoms in total. The first-order valence-corrected chi connectivity index (χ1v) is 4.76. The molecule has 0 aromatic heterocycles. The van der Waals surface area contributed by atoms with Crippen molar-refractivity contribution in [3.63, 3.8) is 0 Å². The highest BCUT2D eigenvalue weighted by atomic mass is 35.5. The molecule has 0 bridgehead atoms. The Kier molecular flexibility index (Phi) is 15.5. The van der Waals surface area contributed by atoms with Gasteiger partial charge in [0.2, 0.25) is 5.91 Å². The van der Waals surface area contributed by atoms with E-state index in [1.165, 1.54) is 0 Å². The van der Waals surface area contributed by atoms with Crippen molar-refractivity contribution in [2.75, 3.05) is 47.1 Å². The van der Waals surface area contributed by atoms with E-state index in [1.807, 2.05) is 0 Å². The highest BCUT2D eigenvalue weighted by Crippen LogP contribution is 1.76. The topological polar surface area (TPSA) is 59.6 Å². The predicted octanol–water partition coefficient (Wildman–Crippen LogP) is -0.203. The maximum Gasteiger partial charge on any atom is 0.233 e. The van der Waals surface area contributed by atoms with Gasteiger partial charge in [-0.2, -0.15) is 0 Å². The third-order valence-electron chi connectivity index (χ3n) is 1.62. The summed E-state index contributed by atoms with van der Waals surface area (Å²) < 4.78 is 9.68. The quantitative estimate of drug-likeness (QED) is 0.548. The smallest absolute Gasteiger partial charge is 0.233 e. The first-order valence-electron chi connectivity index (χ1n) is 4.76. The molecule has 0 saturated carbocycles. The van der Waals surface area contributed by atoms with E-state index < -0.39 is 0 Å². The standard InChI is InChI=1S/C9H20N2O3.ClH/c1-13-6-3-4-11-9(12)8-10-5-7-14-2;/h10H,3-8H2,1-2H3,(H,11,12);1H. The molecule has 0 aliphatic heterocycles. The minimum absolute atomic E-state index is 0. The summed E-state index contributed by atoms with van der Waals surface area (Å²) in [6.45, 7) is 3.01. The molecule has 0 aliphatic carbocycles. The van der Waals surface area contributed by atoms with Gasteiger partial charge >= 0.3 is 0 Å². The number of ether oxygens (including phenoxy) is 2. The largest absolute Gasteiger partial charge is 0.385 e. The summed E-state index contributed by atoms with van der Waals surface area (Å²) >= 11 is 0. The van der Waals surface area contributed by atoms with Crippen LogP contribution in [-0.4, -0.2) is 53.0 Å². The second kappa shape index (κ2) is 13.6. The molecule has 0 aliphatic rings. The van der Waals surface area contributed by atoms with Crippen molar-refractivity contribution in [2.24, 2.45) is 0 Å².